The molecule has 2 heterocycles. The number of nitrogens with two attached hydrogens (primary N) is 1. The van der Waals surface area contributed by atoms with Crippen molar-refractivity contribution in [2.75, 3.05) is 28.7 Å². The summed E-state index contributed by atoms with van der Waals surface area (Å²) in [6.07, 6.45) is 6.03. The average molecular weight is 277 g/mol. The van der Waals surface area contributed by atoms with Crippen LogP contribution in [0.15, 0.2) is 0 Å². The Morgan fingerprint density at radius 1 is 1.05 bits per heavy atom. The second-order valence-electron chi connectivity index (χ2n) is 5.89. The molecule has 1 saturated heterocycles. The Labute approximate surface area is 119 Å². The molecule has 1 aliphatic carbocycles. The summed E-state index contributed by atoms with van der Waals surface area (Å²) >= 11 is 0. The van der Waals surface area contributed by atoms with Crippen LogP contribution in [-0.4, -0.2) is 34.1 Å². The van der Waals surface area contributed by atoms with E-state index in [1.807, 2.05) is 0 Å². The molecular weight excluding hydrogens is 254 g/mol. The summed E-state index contributed by atoms with van der Waals surface area (Å²) in [6.45, 7) is 4.28. The highest BCUT2D eigenvalue weighted by Gasteiger charge is 2.26. The van der Waals surface area contributed by atoms with Gasteiger partial charge in [0.05, 0.1) is 0 Å². The lowest BCUT2D eigenvalue weighted by Gasteiger charge is -2.33. The summed E-state index contributed by atoms with van der Waals surface area (Å²) in [6, 6.07) is 0.479. The smallest absolute Gasteiger partial charge is 0.243 e. The first-order valence-corrected chi connectivity index (χ1v) is 7.49. The molecule has 0 aromatic carbocycles. The largest absolute Gasteiger partial charge is 0.351 e. The van der Waals surface area contributed by atoms with E-state index in [-0.39, 0.29) is 0 Å². The van der Waals surface area contributed by atoms with Gasteiger partial charge in [-0.15, -0.1) is 0 Å². The maximum Gasteiger partial charge on any atom is 0.243 e. The predicted molar refractivity (Wildman–Crippen MR) is 79.5 cm³/mol. The van der Waals surface area contributed by atoms with Gasteiger partial charge in [0.1, 0.15) is 0 Å². The van der Waals surface area contributed by atoms with Gasteiger partial charge in [0.2, 0.25) is 17.8 Å². The van der Waals surface area contributed by atoms with Crippen molar-refractivity contribution in [2.45, 2.75) is 45.1 Å². The molecule has 0 atom stereocenters. The van der Waals surface area contributed by atoms with Gasteiger partial charge in [-0.3, -0.25) is 5.43 Å². The van der Waals surface area contributed by atoms with E-state index in [0.717, 1.165) is 25.0 Å². The van der Waals surface area contributed by atoms with Crippen LogP contribution in [0, 0.1) is 5.92 Å². The van der Waals surface area contributed by atoms with Crippen LogP contribution >= 0.6 is 0 Å². The van der Waals surface area contributed by atoms with Crippen molar-refractivity contribution >= 4 is 17.8 Å². The van der Waals surface area contributed by atoms with Crippen molar-refractivity contribution in [3.8, 4) is 0 Å². The maximum absolute atomic E-state index is 5.47. The fourth-order valence-electron chi connectivity index (χ4n) is 2.93. The number of hydrogen-bond acceptors (Lipinski definition) is 7. The van der Waals surface area contributed by atoms with E-state index in [1.165, 1.54) is 32.1 Å². The quantitative estimate of drug-likeness (QED) is 0.565. The molecule has 1 saturated carbocycles. The van der Waals surface area contributed by atoms with Gasteiger partial charge in [-0.25, -0.2) is 5.84 Å². The number of nitrogens with one attached hydrogen (secondary N) is 2. The van der Waals surface area contributed by atoms with Crippen molar-refractivity contribution in [1.82, 2.24) is 15.0 Å². The van der Waals surface area contributed by atoms with Crippen LogP contribution < -0.4 is 21.5 Å². The summed E-state index contributed by atoms with van der Waals surface area (Å²) in [5.74, 6) is 8.04. The van der Waals surface area contributed by atoms with E-state index in [0.29, 0.717) is 17.9 Å². The Hall–Kier alpha value is -1.63. The van der Waals surface area contributed by atoms with Crippen LogP contribution in [0.4, 0.5) is 17.8 Å². The van der Waals surface area contributed by atoms with E-state index in [9.17, 15) is 0 Å². The molecule has 1 aromatic rings. The number of nitrogens with zero attached hydrogens (tertiary/aromatic N) is 4. The maximum atomic E-state index is 5.47. The van der Waals surface area contributed by atoms with Crippen molar-refractivity contribution in [3.05, 3.63) is 0 Å². The lowest BCUT2D eigenvalue weighted by molar-refractivity contribution is 0.308. The molecule has 4 N–H and O–H groups in total. The van der Waals surface area contributed by atoms with Gasteiger partial charge in [-0.2, -0.15) is 15.0 Å². The summed E-state index contributed by atoms with van der Waals surface area (Å²) < 4.78 is 0. The Balaban J connectivity index is 1.75. The molecule has 1 aromatic heterocycles. The Morgan fingerprint density at radius 3 is 2.40 bits per heavy atom. The highest BCUT2D eigenvalue weighted by Crippen LogP contribution is 2.29. The van der Waals surface area contributed by atoms with Gasteiger partial charge in [-0.05, 0) is 38.0 Å². The summed E-state index contributed by atoms with van der Waals surface area (Å²) in [5.41, 5.74) is 2.54. The third-order valence-electron chi connectivity index (χ3n) is 4.10. The highest BCUT2D eigenvalue weighted by atomic mass is 15.4. The minimum Gasteiger partial charge on any atom is -0.351 e. The van der Waals surface area contributed by atoms with Crippen molar-refractivity contribution in [2.24, 2.45) is 11.8 Å². The first kappa shape index (κ1) is 13.4. The second kappa shape index (κ2) is 5.78. The van der Waals surface area contributed by atoms with Gasteiger partial charge in [0, 0.05) is 19.1 Å². The standard InChI is InChI=1S/C13H23N7/c1-9-7-10(8-9)15-11-16-12(19-14)18-13(17-11)20-5-3-2-4-6-20/h9-10H,2-8,14H2,1H3,(H2,15,16,17,18,19). The first-order chi connectivity index (χ1) is 9.74. The third kappa shape index (κ3) is 2.92. The number of nitrogen functional groups attached to an aromatic ring is 1. The lowest BCUT2D eigenvalue weighted by atomic mass is 9.82. The number of rotatable bonds is 4. The molecule has 7 nitrogen and oxygen atoms in total. The topological polar surface area (TPSA) is 92.0 Å². The molecule has 0 radical (unpaired) electrons. The molecule has 0 spiro atoms. The zero-order valence-electron chi connectivity index (χ0n) is 12.0. The van der Waals surface area contributed by atoms with Gasteiger partial charge >= 0.3 is 0 Å². The number of hydrogen-bond donors (Lipinski definition) is 3. The van der Waals surface area contributed by atoms with Crippen LogP contribution in [-0.2, 0) is 0 Å². The van der Waals surface area contributed by atoms with E-state index in [4.69, 9.17) is 5.84 Å². The van der Waals surface area contributed by atoms with E-state index in [1.54, 1.807) is 0 Å². The zero-order chi connectivity index (χ0) is 13.9. The predicted octanol–water partition coefficient (Wildman–Crippen LogP) is 1.36. The van der Waals surface area contributed by atoms with Crippen molar-refractivity contribution in [1.29, 1.82) is 0 Å². The third-order valence-corrected chi connectivity index (χ3v) is 4.10. The zero-order valence-corrected chi connectivity index (χ0v) is 12.0. The molecule has 0 unspecified atom stereocenters. The van der Waals surface area contributed by atoms with Crippen molar-refractivity contribution < 1.29 is 0 Å². The number of anilines is 3. The molecule has 20 heavy (non-hydrogen) atoms. The van der Waals surface area contributed by atoms with E-state index in [2.05, 4.69) is 37.5 Å². The first-order valence-electron chi connectivity index (χ1n) is 7.49. The average Bonchev–Trinajstić information content (AvgIpc) is 2.46. The fraction of sp³-hybridized carbons (Fsp3) is 0.769. The van der Waals surface area contributed by atoms with Crippen LogP contribution in [0.1, 0.15) is 39.0 Å². The van der Waals surface area contributed by atoms with Crippen molar-refractivity contribution in [3.63, 3.8) is 0 Å². The Bertz CT molecular complexity index is 452. The van der Waals surface area contributed by atoms with Gasteiger partial charge in [0.25, 0.3) is 0 Å². The van der Waals surface area contributed by atoms with Crippen LogP contribution in [0.25, 0.3) is 0 Å². The SMILES string of the molecule is CC1CC(Nc2nc(NN)nc(N3CCCCC3)n2)C1. The molecule has 7 heteroatoms. The van der Waals surface area contributed by atoms with Crippen LogP contribution in [0.2, 0.25) is 0 Å². The van der Waals surface area contributed by atoms with Gasteiger partial charge in [0.15, 0.2) is 0 Å². The molecule has 0 amide bonds. The molecular formula is C13H23N7. The Morgan fingerprint density at radius 2 is 1.75 bits per heavy atom. The monoisotopic (exact) mass is 277 g/mol. The highest BCUT2D eigenvalue weighted by molar-refractivity contribution is 5.44. The van der Waals surface area contributed by atoms with E-state index >= 15 is 0 Å². The molecule has 1 aliphatic heterocycles. The number of hydrazine groups is 1. The number of aromatic nitrogens is 3. The Kier molecular flexibility index (Phi) is 3.86. The lowest BCUT2D eigenvalue weighted by Crippen LogP contribution is -2.35. The van der Waals surface area contributed by atoms with Gasteiger partial charge < -0.3 is 10.2 Å². The summed E-state index contributed by atoms with van der Waals surface area (Å²) in [7, 11) is 0. The minimum atomic E-state index is 0.426. The summed E-state index contributed by atoms with van der Waals surface area (Å²) in [5, 5.41) is 3.38. The summed E-state index contributed by atoms with van der Waals surface area (Å²) in [4.78, 5) is 15.4. The molecule has 2 fully saturated rings. The second-order valence-corrected chi connectivity index (χ2v) is 5.89. The molecule has 110 valence electrons. The van der Waals surface area contributed by atoms with Crippen LogP contribution in [0.3, 0.4) is 0 Å². The molecule has 2 aliphatic rings. The van der Waals surface area contributed by atoms with Crippen LogP contribution in [0.5, 0.6) is 0 Å². The fourth-order valence-corrected chi connectivity index (χ4v) is 2.93. The molecule has 0 bridgehead atoms. The van der Waals surface area contributed by atoms with Gasteiger partial charge in [-0.1, -0.05) is 6.92 Å². The number of piperidine rings is 1. The normalized spacial score (nSPS) is 26.0. The minimum absolute atomic E-state index is 0.426. The molecule has 3 rings (SSSR count). The van der Waals surface area contributed by atoms with E-state index < -0.39 is 0 Å².